The van der Waals surface area contributed by atoms with Gasteiger partial charge in [0.2, 0.25) is 0 Å². The van der Waals surface area contributed by atoms with Crippen LogP contribution in [0.2, 0.25) is 0 Å². The fraction of sp³-hybridized carbons (Fsp3) is 0.417. The minimum absolute atomic E-state index is 0.348. The maximum absolute atomic E-state index is 12.9. The zero-order valence-corrected chi connectivity index (χ0v) is 10.3. The number of fused-ring (bicyclic) bond motifs is 1. The maximum Gasteiger partial charge on any atom is 0.417 e. The van der Waals surface area contributed by atoms with Gasteiger partial charge in [-0.1, -0.05) is 27.7 Å². The van der Waals surface area contributed by atoms with Crippen molar-refractivity contribution in [3.8, 4) is 0 Å². The van der Waals surface area contributed by atoms with Gasteiger partial charge in [0, 0.05) is 6.07 Å². The third kappa shape index (κ3) is 3.22. The number of rotatable bonds is 0. The molecule has 4 heteroatoms. The van der Waals surface area contributed by atoms with E-state index in [0.29, 0.717) is 16.7 Å². The molecule has 1 N–H and O–H groups in total. The van der Waals surface area contributed by atoms with Gasteiger partial charge in [-0.2, -0.15) is 0 Å². The first-order valence-corrected chi connectivity index (χ1v) is 5.46. The highest BCUT2D eigenvalue weighted by molar-refractivity contribution is 5.72. The number of hydrogen-bond acceptors (Lipinski definition) is 2. The van der Waals surface area contributed by atoms with Gasteiger partial charge >= 0.3 is 5.76 Å². The van der Waals surface area contributed by atoms with E-state index in [1.54, 1.807) is 6.92 Å². The number of hydrogen-bond donors (Lipinski definition) is 1. The Balaban J connectivity index is 0.000000509. The van der Waals surface area contributed by atoms with Crippen LogP contribution in [0.25, 0.3) is 11.1 Å². The molecule has 0 saturated heterocycles. The van der Waals surface area contributed by atoms with Gasteiger partial charge in [-0.15, -0.1) is 0 Å². The van der Waals surface area contributed by atoms with Crippen LogP contribution < -0.4 is 5.76 Å². The quantitative estimate of drug-likeness (QED) is 0.747. The van der Waals surface area contributed by atoms with Crippen molar-refractivity contribution in [3.63, 3.8) is 0 Å². The molecule has 1 aromatic carbocycles. The summed E-state index contributed by atoms with van der Waals surface area (Å²) in [5, 5.41) is 0. The Bertz CT molecular complexity index is 443. The van der Waals surface area contributed by atoms with Crippen molar-refractivity contribution in [3.05, 3.63) is 34.1 Å². The monoisotopic (exact) mass is 227 g/mol. The largest absolute Gasteiger partial charge is 0.417 e. The van der Waals surface area contributed by atoms with Crippen LogP contribution in [-0.2, 0) is 0 Å². The van der Waals surface area contributed by atoms with Crippen LogP contribution in [0.4, 0.5) is 4.39 Å². The molecule has 3 nitrogen and oxygen atoms in total. The van der Waals surface area contributed by atoms with Gasteiger partial charge in [0.15, 0.2) is 5.58 Å². The molecule has 0 radical (unpaired) electrons. The van der Waals surface area contributed by atoms with Crippen molar-refractivity contribution >= 4 is 11.1 Å². The molecular weight excluding hydrogens is 209 g/mol. The lowest BCUT2D eigenvalue weighted by Gasteiger charge is -1.92. The fourth-order valence-electron chi connectivity index (χ4n) is 1.07. The van der Waals surface area contributed by atoms with E-state index < -0.39 is 5.76 Å². The summed E-state index contributed by atoms with van der Waals surface area (Å²) in [5.74, 6) is -0.908. The van der Waals surface area contributed by atoms with E-state index in [2.05, 4.69) is 4.98 Å². The van der Waals surface area contributed by atoms with Gasteiger partial charge < -0.3 is 4.42 Å². The Kier molecular flexibility index (Phi) is 6.15. The number of aromatic amines is 1. The Labute approximate surface area is 94.3 Å². The molecule has 0 atom stereocenters. The number of halogens is 1. The standard InChI is InChI=1S/C8H6FNO2.2C2H6/c1-4-2-7-6(3-5(4)9)10-8(11)12-7;2*1-2/h2-3H,1H3,(H,10,11);2*1-2H3. The summed E-state index contributed by atoms with van der Waals surface area (Å²) >= 11 is 0. The molecule has 2 aromatic rings. The Morgan fingerprint density at radius 1 is 1.19 bits per heavy atom. The summed E-state index contributed by atoms with van der Waals surface area (Å²) in [7, 11) is 0. The van der Waals surface area contributed by atoms with E-state index in [-0.39, 0.29) is 5.82 Å². The van der Waals surface area contributed by atoms with Crippen LogP contribution in [0.1, 0.15) is 33.3 Å². The van der Waals surface area contributed by atoms with E-state index >= 15 is 0 Å². The van der Waals surface area contributed by atoms with E-state index in [0.717, 1.165) is 0 Å². The van der Waals surface area contributed by atoms with Crippen LogP contribution in [0.3, 0.4) is 0 Å². The molecule has 1 aromatic heterocycles. The number of H-pyrrole nitrogens is 1. The molecule has 0 aliphatic rings. The summed E-state index contributed by atoms with van der Waals surface area (Å²) in [6.45, 7) is 9.61. The lowest BCUT2D eigenvalue weighted by molar-refractivity contribution is 0.554. The Morgan fingerprint density at radius 3 is 2.31 bits per heavy atom. The summed E-state index contributed by atoms with van der Waals surface area (Å²) in [6, 6.07) is 2.73. The SMILES string of the molecule is CC.CC.Cc1cc2oc(=O)[nH]c2cc1F. The van der Waals surface area contributed by atoms with Gasteiger partial charge in [0.1, 0.15) is 5.82 Å². The predicted molar refractivity (Wildman–Crippen MR) is 64.2 cm³/mol. The lowest BCUT2D eigenvalue weighted by atomic mass is 10.2. The van der Waals surface area contributed by atoms with Crippen LogP contribution in [-0.4, -0.2) is 4.98 Å². The first kappa shape index (κ1) is 14.4. The summed E-state index contributed by atoms with van der Waals surface area (Å²) in [6.07, 6.45) is 0. The highest BCUT2D eigenvalue weighted by Gasteiger charge is 2.04. The van der Waals surface area contributed by atoms with E-state index in [1.807, 2.05) is 27.7 Å². The van der Waals surface area contributed by atoms with Crippen molar-refractivity contribution in [2.45, 2.75) is 34.6 Å². The molecular formula is C12H18FNO2. The number of aromatic nitrogens is 1. The molecule has 0 saturated carbocycles. The number of nitrogens with one attached hydrogen (secondary N) is 1. The van der Waals surface area contributed by atoms with Crippen LogP contribution in [0, 0.1) is 12.7 Å². The van der Waals surface area contributed by atoms with Crippen molar-refractivity contribution < 1.29 is 8.81 Å². The van der Waals surface area contributed by atoms with Gasteiger partial charge in [-0.3, -0.25) is 4.98 Å². The topological polar surface area (TPSA) is 46.0 Å². The molecule has 0 aliphatic heterocycles. The summed E-state index contributed by atoms with van der Waals surface area (Å²) in [5.41, 5.74) is 1.24. The van der Waals surface area contributed by atoms with Gasteiger partial charge in [0.05, 0.1) is 5.52 Å². The maximum atomic E-state index is 12.9. The lowest BCUT2D eigenvalue weighted by Crippen LogP contribution is -1.92. The van der Waals surface area contributed by atoms with Gasteiger partial charge in [-0.05, 0) is 18.6 Å². The van der Waals surface area contributed by atoms with Crippen LogP contribution in [0.5, 0.6) is 0 Å². The van der Waals surface area contributed by atoms with Crippen LogP contribution in [0.15, 0.2) is 21.3 Å². The first-order chi connectivity index (χ1) is 7.66. The van der Waals surface area contributed by atoms with Crippen molar-refractivity contribution in [2.24, 2.45) is 0 Å². The molecule has 2 rings (SSSR count). The second-order valence-corrected chi connectivity index (χ2v) is 2.61. The third-order valence-electron chi connectivity index (χ3n) is 1.70. The molecule has 0 amide bonds. The zero-order valence-electron chi connectivity index (χ0n) is 10.3. The molecule has 0 spiro atoms. The fourth-order valence-corrected chi connectivity index (χ4v) is 1.07. The van der Waals surface area contributed by atoms with Gasteiger partial charge in [-0.25, -0.2) is 9.18 Å². The molecule has 16 heavy (non-hydrogen) atoms. The number of benzene rings is 1. The molecule has 0 fully saturated rings. The van der Waals surface area contributed by atoms with E-state index in [1.165, 1.54) is 12.1 Å². The van der Waals surface area contributed by atoms with Crippen molar-refractivity contribution in [1.82, 2.24) is 4.98 Å². The Hall–Kier alpha value is -1.58. The van der Waals surface area contributed by atoms with Crippen molar-refractivity contribution in [2.75, 3.05) is 0 Å². The highest BCUT2D eigenvalue weighted by atomic mass is 19.1. The van der Waals surface area contributed by atoms with Crippen molar-refractivity contribution in [1.29, 1.82) is 0 Å². The molecule has 0 unspecified atom stereocenters. The second-order valence-electron chi connectivity index (χ2n) is 2.61. The predicted octanol–water partition coefficient (Wildman–Crippen LogP) is 3.62. The first-order valence-electron chi connectivity index (χ1n) is 5.46. The average Bonchev–Trinajstić information content (AvgIpc) is 2.64. The molecule has 90 valence electrons. The number of aryl methyl sites for hydroxylation is 1. The summed E-state index contributed by atoms with van der Waals surface area (Å²) in [4.78, 5) is 13.0. The van der Waals surface area contributed by atoms with Crippen LogP contribution >= 0.6 is 0 Å². The minimum Gasteiger partial charge on any atom is -0.408 e. The molecule has 0 aliphatic carbocycles. The third-order valence-corrected chi connectivity index (χ3v) is 1.70. The molecule has 0 bridgehead atoms. The number of oxazole rings is 1. The van der Waals surface area contributed by atoms with E-state index in [9.17, 15) is 9.18 Å². The van der Waals surface area contributed by atoms with E-state index in [4.69, 9.17) is 4.42 Å². The van der Waals surface area contributed by atoms with Gasteiger partial charge in [0.25, 0.3) is 0 Å². The molecule has 1 heterocycles. The smallest absolute Gasteiger partial charge is 0.408 e. The Morgan fingerprint density at radius 2 is 1.75 bits per heavy atom. The summed E-state index contributed by atoms with van der Waals surface area (Å²) < 4.78 is 17.6. The normalized spacial score (nSPS) is 8.88. The second kappa shape index (κ2) is 6.82. The minimum atomic E-state index is -0.560. The average molecular weight is 227 g/mol. The zero-order chi connectivity index (χ0) is 12.7. The highest BCUT2D eigenvalue weighted by Crippen LogP contribution is 2.14.